The van der Waals surface area contributed by atoms with Gasteiger partial charge in [-0.2, -0.15) is 0 Å². The van der Waals surface area contributed by atoms with E-state index in [-0.39, 0.29) is 11.9 Å². The lowest BCUT2D eigenvalue weighted by Gasteiger charge is -2.29. The third-order valence-corrected chi connectivity index (χ3v) is 3.34. The summed E-state index contributed by atoms with van der Waals surface area (Å²) < 4.78 is 0. The molecule has 0 atom stereocenters. The van der Waals surface area contributed by atoms with Gasteiger partial charge in [-0.05, 0) is 45.1 Å². The van der Waals surface area contributed by atoms with Crippen LogP contribution < -0.4 is 10.6 Å². The molecule has 5 nitrogen and oxygen atoms in total. The zero-order valence-corrected chi connectivity index (χ0v) is 10.9. The number of carbonyl (C=O) groups excluding carboxylic acids is 1. The van der Waals surface area contributed by atoms with Crippen LogP contribution in [0.1, 0.15) is 23.2 Å². The molecule has 1 aromatic heterocycles. The molecule has 1 saturated heterocycles. The van der Waals surface area contributed by atoms with Crippen LogP contribution in [0.15, 0.2) is 18.3 Å². The Morgan fingerprint density at radius 2 is 2.17 bits per heavy atom. The molecule has 18 heavy (non-hydrogen) atoms. The van der Waals surface area contributed by atoms with Crippen molar-refractivity contribution in [3.05, 3.63) is 23.9 Å². The molecule has 1 aliphatic rings. The predicted octanol–water partition coefficient (Wildman–Crippen LogP) is 0.947. The lowest BCUT2D eigenvalue weighted by Crippen LogP contribution is -2.43. The van der Waals surface area contributed by atoms with Crippen LogP contribution in [0, 0.1) is 0 Å². The largest absolute Gasteiger partial charge is 0.372 e. The molecule has 0 aliphatic carbocycles. The molecule has 5 heteroatoms. The van der Waals surface area contributed by atoms with Gasteiger partial charge >= 0.3 is 0 Å². The summed E-state index contributed by atoms with van der Waals surface area (Å²) in [6.07, 6.45) is 3.70. The number of likely N-dealkylation sites (tertiary alicyclic amines) is 1. The van der Waals surface area contributed by atoms with Crippen molar-refractivity contribution in [2.24, 2.45) is 0 Å². The normalized spacial score (nSPS) is 17.4. The fourth-order valence-corrected chi connectivity index (χ4v) is 2.20. The van der Waals surface area contributed by atoms with E-state index < -0.39 is 0 Å². The van der Waals surface area contributed by atoms with E-state index in [1.165, 1.54) is 0 Å². The van der Waals surface area contributed by atoms with Gasteiger partial charge in [0.15, 0.2) is 0 Å². The predicted molar refractivity (Wildman–Crippen MR) is 71.8 cm³/mol. The van der Waals surface area contributed by atoms with Gasteiger partial charge in [0.2, 0.25) is 0 Å². The van der Waals surface area contributed by atoms with Crippen molar-refractivity contribution >= 4 is 11.7 Å². The van der Waals surface area contributed by atoms with E-state index in [2.05, 4.69) is 27.6 Å². The minimum absolute atomic E-state index is 0.0398. The number of amides is 1. The summed E-state index contributed by atoms with van der Waals surface area (Å²) in [5.74, 6) is 0.588. The van der Waals surface area contributed by atoms with Gasteiger partial charge in [-0.1, -0.05) is 0 Å². The molecule has 0 saturated carbocycles. The molecule has 1 fully saturated rings. The van der Waals surface area contributed by atoms with E-state index in [0.29, 0.717) is 11.4 Å². The van der Waals surface area contributed by atoms with Gasteiger partial charge < -0.3 is 15.5 Å². The first kappa shape index (κ1) is 12.8. The first-order chi connectivity index (χ1) is 8.70. The number of nitrogens with zero attached hydrogens (tertiary/aromatic N) is 2. The van der Waals surface area contributed by atoms with E-state index in [4.69, 9.17) is 0 Å². The Morgan fingerprint density at radius 3 is 2.83 bits per heavy atom. The maximum atomic E-state index is 12.2. The number of hydrogen-bond acceptors (Lipinski definition) is 4. The fourth-order valence-electron chi connectivity index (χ4n) is 2.20. The van der Waals surface area contributed by atoms with Gasteiger partial charge in [0.25, 0.3) is 5.91 Å². The van der Waals surface area contributed by atoms with Crippen LogP contribution in [0.5, 0.6) is 0 Å². The van der Waals surface area contributed by atoms with Crippen LogP contribution in [0.25, 0.3) is 0 Å². The Kier molecular flexibility index (Phi) is 4.15. The van der Waals surface area contributed by atoms with Gasteiger partial charge in [-0.3, -0.25) is 4.79 Å². The van der Waals surface area contributed by atoms with E-state index in [1.54, 1.807) is 25.4 Å². The van der Waals surface area contributed by atoms with E-state index in [1.807, 2.05) is 0 Å². The minimum atomic E-state index is -0.0398. The van der Waals surface area contributed by atoms with Crippen molar-refractivity contribution in [1.29, 1.82) is 0 Å². The van der Waals surface area contributed by atoms with Crippen LogP contribution in [-0.2, 0) is 0 Å². The Bertz CT molecular complexity index is 413. The van der Waals surface area contributed by atoms with Crippen molar-refractivity contribution in [2.45, 2.75) is 18.9 Å². The topological polar surface area (TPSA) is 57.3 Å². The number of pyridine rings is 1. The van der Waals surface area contributed by atoms with Crippen LogP contribution in [0.2, 0.25) is 0 Å². The standard InChI is InChI=1S/C13H20N4O/c1-14-12-11(4-3-7-15-12)13(18)16-10-5-8-17(2)9-6-10/h3-4,7,10H,5-6,8-9H2,1-2H3,(H,14,15)(H,16,18). The molecule has 0 radical (unpaired) electrons. The molecule has 2 N–H and O–H groups in total. The second-order valence-corrected chi connectivity index (χ2v) is 4.70. The van der Waals surface area contributed by atoms with Crippen molar-refractivity contribution in [3.8, 4) is 0 Å². The second kappa shape index (κ2) is 5.82. The first-order valence-corrected chi connectivity index (χ1v) is 6.33. The van der Waals surface area contributed by atoms with Gasteiger partial charge in [-0.25, -0.2) is 4.98 Å². The summed E-state index contributed by atoms with van der Waals surface area (Å²) in [5, 5.41) is 6.03. The molecule has 1 aromatic rings. The van der Waals surface area contributed by atoms with Crippen molar-refractivity contribution in [3.63, 3.8) is 0 Å². The van der Waals surface area contributed by atoms with Crippen LogP contribution in [0.4, 0.5) is 5.82 Å². The number of piperidine rings is 1. The van der Waals surface area contributed by atoms with E-state index in [9.17, 15) is 4.79 Å². The molecule has 0 unspecified atom stereocenters. The van der Waals surface area contributed by atoms with Crippen LogP contribution in [0.3, 0.4) is 0 Å². The molecular formula is C13H20N4O. The molecule has 2 heterocycles. The van der Waals surface area contributed by atoms with Gasteiger partial charge in [0.1, 0.15) is 5.82 Å². The van der Waals surface area contributed by atoms with Gasteiger partial charge in [0, 0.05) is 19.3 Å². The molecule has 1 aliphatic heterocycles. The lowest BCUT2D eigenvalue weighted by atomic mass is 10.1. The highest BCUT2D eigenvalue weighted by Gasteiger charge is 2.20. The van der Waals surface area contributed by atoms with E-state index >= 15 is 0 Å². The van der Waals surface area contributed by atoms with Crippen LogP contribution in [-0.4, -0.2) is 49.0 Å². The third kappa shape index (κ3) is 2.98. The highest BCUT2D eigenvalue weighted by atomic mass is 16.1. The quantitative estimate of drug-likeness (QED) is 0.836. The molecule has 1 amide bonds. The SMILES string of the molecule is CNc1ncccc1C(=O)NC1CCN(C)CC1. The second-order valence-electron chi connectivity index (χ2n) is 4.70. The average molecular weight is 248 g/mol. The molecule has 0 bridgehead atoms. The monoisotopic (exact) mass is 248 g/mol. The van der Waals surface area contributed by atoms with Gasteiger partial charge in [-0.15, -0.1) is 0 Å². The highest BCUT2D eigenvalue weighted by molar-refractivity contribution is 5.98. The summed E-state index contributed by atoms with van der Waals surface area (Å²) in [7, 11) is 3.88. The Hall–Kier alpha value is -1.62. The van der Waals surface area contributed by atoms with Gasteiger partial charge in [0.05, 0.1) is 5.56 Å². The molecule has 98 valence electrons. The summed E-state index contributed by atoms with van der Waals surface area (Å²) >= 11 is 0. The molecule has 0 spiro atoms. The Balaban J connectivity index is 1.99. The molecule has 0 aromatic carbocycles. The molecule has 2 rings (SSSR count). The lowest BCUT2D eigenvalue weighted by molar-refractivity contribution is 0.0917. The van der Waals surface area contributed by atoms with Crippen molar-refractivity contribution in [1.82, 2.24) is 15.2 Å². The number of rotatable bonds is 3. The van der Waals surface area contributed by atoms with E-state index in [0.717, 1.165) is 25.9 Å². The average Bonchev–Trinajstić information content (AvgIpc) is 2.41. The van der Waals surface area contributed by atoms with Crippen molar-refractivity contribution < 1.29 is 4.79 Å². The summed E-state index contributed by atoms with van der Waals surface area (Å²) in [5.41, 5.74) is 0.610. The summed E-state index contributed by atoms with van der Waals surface area (Å²) in [6.45, 7) is 2.08. The Morgan fingerprint density at radius 1 is 1.44 bits per heavy atom. The third-order valence-electron chi connectivity index (χ3n) is 3.34. The number of anilines is 1. The number of carbonyl (C=O) groups is 1. The van der Waals surface area contributed by atoms with Crippen LogP contribution >= 0.6 is 0 Å². The Labute approximate surface area is 108 Å². The van der Waals surface area contributed by atoms with Crippen molar-refractivity contribution in [2.75, 3.05) is 32.5 Å². The smallest absolute Gasteiger partial charge is 0.255 e. The summed E-state index contributed by atoms with van der Waals surface area (Å²) in [6, 6.07) is 3.85. The first-order valence-electron chi connectivity index (χ1n) is 6.33. The maximum absolute atomic E-state index is 12.2. The zero-order valence-electron chi connectivity index (χ0n) is 10.9. The minimum Gasteiger partial charge on any atom is -0.372 e. The highest BCUT2D eigenvalue weighted by Crippen LogP contribution is 2.13. The molecular weight excluding hydrogens is 228 g/mol. The number of nitrogens with one attached hydrogen (secondary N) is 2. The fraction of sp³-hybridized carbons (Fsp3) is 0.538. The number of aromatic nitrogens is 1. The maximum Gasteiger partial charge on any atom is 0.255 e. The number of hydrogen-bond donors (Lipinski definition) is 2. The summed E-state index contributed by atoms with van der Waals surface area (Å²) in [4.78, 5) is 18.6. The zero-order chi connectivity index (χ0) is 13.0.